The number of anilines is 1. The zero-order valence-electron chi connectivity index (χ0n) is 8.66. The monoisotopic (exact) mass is 251 g/mol. The number of H-pyrrole nitrogens is 1. The van der Waals surface area contributed by atoms with Gasteiger partial charge in [0.1, 0.15) is 0 Å². The molecule has 0 bridgehead atoms. The molecule has 0 radical (unpaired) electrons. The van der Waals surface area contributed by atoms with Gasteiger partial charge in [-0.1, -0.05) is 23.3 Å². The summed E-state index contributed by atoms with van der Waals surface area (Å²) in [5.74, 6) is -0.407. The number of rotatable bonds is 4. The number of hydrogen-bond donors (Lipinski definition) is 2. The van der Waals surface area contributed by atoms with E-state index in [1.807, 2.05) is 6.07 Å². The van der Waals surface area contributed by atoms with E-state index in [9.17, 15) is 9.35 Å². The molecule has 2 N–H and O–H groups in total. The molecule has 1 aromatic heterocycles. The van der Waals surface area contributed by atoms with Crippen LogP contribution in [0.3, 0.4) is 0 Å². The Labute approximate surface area is 99.8 Å². The van der Waals surface area contributed by atoms with Gasteiger partial charge in [-0.3, -0.25) is 10.1 Å². The van der Waals surface area contributed by atoms with Crippen LogP contribution in [0.1, 0.15) is 0 Å². The smallest absolute Gasteiger partial charge is 0.277 e. The van der Waals surface area contributed by atoms with E-state index in [2.05, 4.69) is 25.9 Å². The van der Waals surface area contributed by atoms with Crippen LogP contribution in [0.2, 0.25) is 0 Å². The Balaban J connectivity index is 1.91. The highest BCUT2D eigenvalue weighted by Gasteiger charge is 2.16. The third-order valence-electron chi connectivity index (χ3n) is 1.87. The second-order valence-electron chi connectivity index (χ2n) is 3.10. The van der Waals surface area contributed by atoms with Gasteiger partial charge in [-0.05, 0) is 33.7 Å². The van der Waals surface area contributed by atoms with Crippen molar-refractivity contribution in [3.8, 4) is 0 Å². The summed E-state index contributed by atoms with van der Waals surface area (Å²) in [4.78, 5) is 12.1. The average molecular weight is 251 g/mol. The molecule has 0 aliphatic heterocycles. The first kappa shape index (κ1) is 11.6. The number of hydrogen-bond acceptors (Lipinski definition) is 5. The van der Waals surface area contributed by atoms with Crippen LogP contribution in [0.25, 0.3) is 0 Å². The number of tetrazole rings is 1. The molecule has 0 aliphatic carbocycles. The number of nitrogens with one attached hydrogen (secondary N) is 2. The first-order valence-corrected chi connectivity index (χ1v) is 6.04. The fraction of sp³-hybridized carbons (Fsp3) is 0.111. The van der Waals surface area contributed by atoms with Gasteiger partial charge in [0.25, 0.3) is 5.91 Å². The number of carbonyl (C=O) groups excluding carboxylic acids is 1. The van der Waals surface area contributed by atoms with Crippen molar-refractivity contribution in [3.63, 3.8) is 0 Å². The van der Waals surface area contributed by atoms with Crippen LogP contribution >= 0.6 is 0 Å². The molecule has 2 rings (SSSR count). The Morgan fingerprint density at radius 3 is 2.82 bits per heavy atom. The lowest BCUT2D eigenvalue weighted by Gasteiger charge is -2.08. The maximum Gasteiger partial charge on any atom is 0.277 e. The number of carbonyl (C=O) groups is 1. The molecule has 2 aromatic rings. The Hall–Kier alpha value is -1.93. The highest BCUT2D eigenvalue weighted by atomic mass is 32.2. The summed E-state index contributed by atoms with van der Waals surface area (Å²) < 4.78 is 11.8. The van der Waals surface area contributed by atoms with Crippen LogP contribution in [0, 0.1) is 0 Å². The molecule has 1 amide bonds. The Bertz CT molecular complexity index is 475. The highest BCUT2D eigenvalue weighted by Crippen LogP contribution is 2.10. The van der Waals surface area contributed by atoms with Gasteiger partial charge in [-0.25, -0.2) is 5.10 Å². The van der Waals surface area contributed by atoms with Crippen LogP contribution in [0.5, 0.6) is 0 Å². The second kappa shape index (κ2) is 5.41. The topological polar surface area (TPSA) is 107 Å². The molecule has 0 fully saturated rings. The summed E-state index contributed by atoms with van der Waals surface area (Å²) in [6.07, 6.45) is 0. The molecule has 0 aliphatic rings. The summed E-state index contributed by atoms with van der Waals surface area (Å²) >= 11 is -1.37. The predicted octanol–water partition coefficient (Wildman–Crippen LogP) is -0.0540. The highest BCUT2D eigenvalue weighted by molar-refractivity contribution is 7.92. The van der Waals surface area contributed by atoms with Crippen molar-refractivity contribution < 1.29 is 9.35 Å². The van der Waals surface area contributed by atoms with Crippen molar-refractivity contribution in [2.75, 3.05) is 11.1 Å². The number of amides is 1. The molecule has 0 spiro atoms. The van der Waals surface area contributed by atoms with E-state index in [1.54, 1.807) is 24.3 Å². The zero-order chi connectivity index (χ0) is 12.1. The minimum atomic E-state index is -1.37. The van der Waals surface area contributed by atoms with Crippen LogP contribution in [0.4, 0.5) is 5.95 Å². The van der Waals surface area contributed by atoms with Crippen LogP contribution < -0.4 is 5.32 Å². The van der Waals surface area contributed by atoms with Crippen molar-refractivity contribution in [2.24, 2.45) is 0 Å². The molecule has 88 valence electrons. The molecule has 17 heavy (non-hydrogen) atoms. The van der Waals surface area contributed by atoms with Gasteiger partial charge in [0.2, 0.25) is 5.95 Å². The van der Waals surface area contributed by atoms with E-state index in [0.29, 0.717) is 4.90 Å². The normalized spacial score (nSPS) is 12.1. The number of aromatic nitrogens is 4. The van der Waals surface area contributed by atoms with Crippen molar-refractivity contribution in [1.29, 1.82) is 0 Å². The molecule has 7 nitrogen and oxygen atoms in total. The zero-order valence-corrected chi connectivity index (χ0v) is 9.48. The summed E-state index contributed by atoms with van der Waals surface area (Å²) in [6.45, 7) is 0. The summed E-state index contributed by atoms with van der Waals surface area (Å²) in [5, 5.41) is 14.9. The number of aromatic amines is 1. The molecule has 1 aromatic carbocycles. The van der Waals surface area contributed by atoms with Gasteiger partial charge >= 0.3 is 0 Å². The minimum Gasteiger partial charge on any atom is -0.611 e. The molecular formula is C9H9N5O2S. The van der Waals surface area contributed by atoms with Gasteiger partial charge in [0, 0.05) is 0 Å². The molecule has 8 heteroatoms. The molecular weight excluding hydrogens is 242 g/mol. The molecule has 0 saturated heterocycles. The number of benzene rings is 1. The van der Waals surface area contributed by atoms with E-state index >= 15 is 0 Å². The van der Waals surface area contributed by atoms with Gasteiger partial charge in [-0.15, -0.1) is 0 Å². The lowest BCUT2D eigenvalue weighted by Crippen LogP contribution is -2.23. The van der Waals surface area contributed by atoms with Gasteiger partial charge in [0.15, 0.2) is 10.6 Å². The molecule has 0 saturated carbocycles. The van der Waals surface area contributed by atoms with Crippen molar-refractivity contribution >= 4 is 23.0 Å². The first-order valence-electron chi connectivity index (χ1n) is 4.73. The van der Waals surface area contributed by atoms with Crippen molar-refractivity contribution in [3.05, 3.63) is 30.3 Å². The minimum absolute atomic E-state index is 0.134. The summed E-state index contributed by atoms with van der Waals surface area (Å²) in [5.41, 5.74) is 0. The molecule has 1 heterocycles. The Morgan fingerprint density at radius 1 is 1.41 bits per heavy atom. The summed E-state index contributed by atoms with van der Waals surface area (Å²) in [7, 11) is 0. The average Bonchev–Trinajstić information content (AvgIpc) is 2.82. The Kier molecular flexibility index (Phi) is 3.68. The maximum atomic E-state index is 11.8. The molecule has 1 atom stereocenters. The summed E-state index contributed by atoms with van der Waals surface area (Å²) in [6, 6.07) is 8.77. The van der Waals surface area contributed by atoms with Gasteiger partial charge in [0.05, 0.1) is 0 Å². The SMILES string of the molecule is O=C(C[S+]([O-])c1ccccc1)Nc1nnn[nH]1. The standard InChI is InChI=1S/C9H9N5O2S/c15-8(10-9-11-13-14-12-9)6-17(16)7-4-2-1-3-5-7/h1-5H,6H2,(H2,10,11,12,13,14,15). The number of nitrogens with zero attached hydrogens (tertiary/aromatic N) is 3. The molecule has 1 unspecified atom stereocenters. The van der Waals surface area contributed by atoms with Crippen molar-refractivity contribution in [1.82, 2.24) is 20.6 Å². The fourth-order valence-corrected chi connectivity index (χ4v) is 2.09. The third kappa shape index (κ3) is 3.26. The quantitative estimate of drug-likeness (QED) is 0.741. The van der Waals surface area contributed by atoms with E-state index in [4.69, 9.17) is 0 Å². The van der Waals surface area contributed by atoms with E-state index in [-0.39, 0.29) is 11.7 Å². The largest absolute Gasteiger partial charge is 0.611 e. The second-order valence-corrected chi connectivity index (χ2v) is 4.55. The Morgan fingerprint density at radius 2 is 2.18 bits per heavy atom. The lowest BCUT2D eigenvalue weighted by molar-refractivity contribution is -0.113. The van der Waals surface area contributed by atoms with Crippen LogP contribution in [0.15, 0.2) is 35.2 Å². The van der Waals surface area contributed by atoms with Gasteiger partial charge < -0.3 is 4.55 Å². The lowest BCUT2D eigenvalue weighted by atomic mass is 10.4. The van der Waals surface area contributed by atoms with Crippen LogP contribution in [-0.2, 0) is 16.0 Å². The van der Waals surface area contributed by atoms with Gasteiger partial charge in [-0.2, -0.15) is 0 Å². The first-order chi connectivity index (χ1) is 8.25. The van der Waals surface area contributed by atoms with E-state index in [0.717, 1.165) is 0 Å². The fourth-order valence-electron chi connectivity index (χ4n) is 1.15. The van der Waals surface area contributed by atoms with Crippen LogP contribution in [-0.4, -0.2) is 36.8 Å². The van der Waals surface area contributed by atoms with Crippen molar-refractivity contribution in [2.45, 2.75) is 4.90 Å². The van der Waals surface area contributed by atoms with E-state index < -0.39 is 17.1 Å². The maximum absolute atomic E-state index is 11.8. The van der Waals surface area contributed by atoms with E-state index in [1.165, 1.54) is 0 Å². The third-order valence-corrected chi connectivity index (χ3v) is 3.19. The predicted molar refractivity (Wildman–Crippen MR) is 60.5 cm³/mol.